The molecule has 2 aliphatic carbocycles. The van der Waals surface area contributed by atoms with Crippen LogP contribution in [0.25, 0.3) is 0 Å². The molecular formula is C18H26O4S2. The molecule has 4 rings (SSSR count). The Bertz CT molecular complexity index is 453. The molecule has 0 aromatic heterocycles. The second-order valence-corrected chi connectivity index (χ2v) is 10.4. The van der Waals surface area contributed by atoms with E-state index in [1.807, 2.05) is 23.5 Å². The van der Waals surface area contributed by atoms with Crippen LogP contribution in [0.15, 0.2) is 0 Å². The van der Waals surface area contributed by atoms with Gasteiger partial charge in [-0.3, -0.25) is 9.59 Å². The quantitative estimate of drug-likeness (QED) is 0.387. The lowest BCUT2D eigenvalue weighted by Gasteiger charge is -2.21. The molecule has 4 aliphatic rings. The Kier molecular flexibility index (Phi) is 5.32. The first-order valence-electron chi connectivity index (χ1n) is 9.37. The number of carbonyl (C=O) groups is 2. The van der Waals surface area contributed by atoms with Crippen molar-refractivity contribution in [1.82, 2.24) is 0 Å². The van der Waals surface area contributed by atoms with Crippen LogP contribution in [0.4, 0.5) is 0 Å². The number of carbonyl (C=O) groups excluding carboxylic acids is 2. The Balaban J connectivity index is 1.04. The van der Waals surface area contributed by atoms with Crippen molar-refractivity contribution in [2.24, 2.45) is 0 Å². The average Bonchev–Trinajstić information content (AvgIpc) is 3.44. The Labute approximate surface area is 152 Å². The third-order valence-corrected chi connectivity index (χ3v) is 8.46. The number of thioether (sulfide) groups is 2. The van der Waals surface area contributed by atoms with Crippen LogP contribution in [0, 0.1) is 0 Å². The first-order chi connectivity index (χ1) is 11.7. The van der Waals surface area contributed by atoms with E-state index >= 15 is 0 Å². The molecule has 2 saturated heterocycles. The van der Waals surface area contributed by atoms with Crippen LogP contribution in [0.3, 0.4) is 0 Å². The zero-order valence-corrected chi connectivity index (χ0v) is 15.6. The van der Waals surface area contributed by atoms with E-state index in [9.17, 15) is 9.59 Å². The fourth-order valence-electron chi connectivity index (χ4n) is 3.98. The molecule has 0 aromatic rings. The van der Waals surface area contributed by atoms with Crippen LogP contribution in [-0.2, 0) is 19.1 Å². The summed E-state index contributed by atoms with van der Waals surface area (Å²) in [5.74, 6) is -0.192. The summed E-state index contributed by atoms with van der Waals surface area (Å²) in [7, 11) is 0. The lowest BCUT2D eigenvalue weighted by atomic mass is 9.98. The largest absolute Gasteiger partial charge is 0.462 e. The average molecular weight is 371 g/mol. The van der Waals surface area contributed by atoms with Gasteiger partial charge in [-0.05, 0) is 51.4 Å². The second kappa shape index (κ2) is 7.48. The van der Waals surface area contributed by atoms with E-state index in [2.05, 4.69) is 0 Å². The van der Waals surface area contributed by atoms with E-state index in [1.54, 1.807) is 0 Å². The van der Waals surface area contributed by atoms with Gasteiger partial charge in [0.2, 0.25) is 0 Å². The highest BCUT2D eigenvalue weighted by Gasteiger charge is 2.45. The monoisotopic (exact) mass is 370 g/mol. The molecule has 4 nitrogen and oxygen atoms in total. The van der Waals surface area contributed by atoms with Gasteiger partial charge in [-0.15, -0.1) is 0 Å². The molecule has 0 bridgehead atoms. The van der Waals surface area contributed by atoms with E-state index < -0.39 is 0 Å². The minimum absolute atomic E-state index is 0.0958. The van der Waals surface area contributed by atoms with Crippen molar-refractivity contribution in [2.45, 2.75) is 97.4 Å². The molecule has 0 spiro atoms. The van der Waals surface area contributed by atoms with Crippen molar-refractivity contribution < 1.29 is 19.1 Å². The Morgan fingerprint density at radius 1 is 0.708 bits per heavy atom. The Hall–Kier alpha value is -0.360. The molecule has 2 heterocycles. The second-order valence-electron chi connectivity index (χ2n) is 7.48. The van der Waals surface area contributed by atoms with Crippen molar-refractivity contribution in [3.05, 3.63) is 0 Å². The molecule has 134 valence electrons. The third-order valence-electron chi connectivity index (χ3n) is 5.52. The zero-order chi connectivity index (χ0) is 16.5. The fourth-order valence-corrected chi connectivity index (χ4v) is 6.38. The number of hydrogen-bond acceptors (Lipinski definition) is 6. The van der Waals surface area contributed by atoms with Crippen molar-refractivity contribution in [1.29, 1.82) is 0 Å². The minimum Gasteiger partial charge on any atom is -0.462 e. The summed E-state index contributed by atoms with van der Waals surface area (Å²) in [5, 5.41) is 3.19. The molecule has 0 N–H and O–H groups in total. The molecule has 4 fully saturated rings. The number of fused-ring (bicyclic) bond motifs is 2. The molecular weight excluding hydrogens is 344 g/mol. The van der Waals surface area contributed by atoms with Gasteiger partial charge in [-0.25, -0.2) is 0 Å². The maximum absolute atomic E-state index is 11.9. The number of unbranched alkanes of at least 4 members (excludes halogenated alkanes) is 1. The molecule has 6 atom stereocenters. The first-order valence-corrected chi connectivity index (χ1v) is 11.3. The summed E-state index contributed by atoms with van der Waals surface area (Å²) in [6.07, 6.45) is 9.05. The first kappa shape index (κ1) is 17.1. The van der Waals surface area contributed by atoms with Gasteiger partial charge in [0.15, 0.2) is 0 Å². The van der Waals surface area contributed by atoms with Gasteiger partial charge >= 0.3 is 11.9 Å². The van der Waals surface area contributed by atoms with Gasteiger partial charge in [0.05, 0.1) is 0 Å². The van der Waals surface area contributed by atoms with Crippen LogP contribution in [0.1, 0.15) is 64.2 Å². The van der Waals surface area contributed by atoms with Crippen LogP contribution >= 0.6 is 23.5 Å². The van der Waals surface area contributed by atoms with Gasteiger partial charge in [0.1, 0.15) is 12.2 Å². The zero-order valence-electron chi connectivity index (χ0n) is 14.0. The maximum Gasteiger partial charge on any atom is 0.306 e. The lowest BCUT2D eigenvalue weighted by Crippen LogP contribution is -2.25. The van der Waals surface area contributed by atoms with Crippen molar-refractivity contribution in [2.75, 3.05) is 0 Å². The van der Waals surface area contributed by atoms with Crippen LogP contribution in [-0.4, -0.2) is 45.1 Å². The van der Waals surface area contributed by atoms with Crippen molar-refractivity contribution >= 4 is 35.5 Å². The summed E-state index contributed by atoms with van der Waals surface area (Å²) in [4.78, 5) is 23.8. The SMILES string of the molecule is O=C(CCCCC(=O)OC1CCC2SC2C1)OC1CCC2SC2C1. The molecule has 2 aliphatic heterocycles. The van der Waals surface area contributed by atoms with Gasteiger partial charge < -0.3 is 9.47 Å². The van der Waals surface area contributed by atoms with E-state index in [0.717, 1.165) is 46.7 Å². The van der Waals surface area contributed by atoms with Gasteiger partial charge in [0, 0.05) is 33.8 Å². The summed E-state index contributed by atoms with van der Waals surface area (Å²) >= 11 is 4.05. The molecule has 6 unspecified atom stereocenters. The molecule has 0 aromatic carbocycles. The Morgan fingerprint density at radius 2 is 1.17 bits per heavy atom. The third kappa shape index (κ3) is 4.63. The number of esters is 2. The van der Waals surface area contributed by atoms with Gasteiger partial charge in [-0.1, -0.05) is 0 Å². The lowest BCUT2D eigenvalue weighted by molar-refractivity contribution is -0.152. The molecule has 24 heavy (non-hydrogen) atoms. The number of hydrogen-bond donors (Lipinski definition) is 0. The normalized spacial score (nSPS) is 39.3. The number of ether oxygens (including phenoxy) is 2. The summed E-state index contributed by atoms with van der Waals surface area (Å²) in [6.45, 7) is 0. The van der Waals surface area contributed by atoms with E-state index in [1.165, 1.54) is 12.8 Å². The van der Waals surface area contributed by atoms with Gasteiger partial charge in [-0.2, -0.15) is 23.5 Å². The summed E-state index contributed by atoms with van der Waals surface area (Å²) in [6, 6.07) is 0. The Morgan fingerprint density at radius 3 is 1.58 bits per heavy atom. The molecule has 0 radical (unpaired) electrons. The van der Waals surface area contributed by atoms with Crippen molar-refractivity contribution in [3.8, 4) is 0 Å². The highest BCUT2D eigenvalue weighted by atomic mass is 32.2. The predicted octanol–water partition coefficient (Wildman–Crippen LogP) is 3.71. The van der Waals surface area contributed by atoms with Crippen molar-refractivity contribution in [3.63, 3.8) is 0 Å². The highest BCUT2D eigenvalue weighted by Crippen LogP contribution is 2.52. The number of rotatable bonds is 7. The maximum atomic E-state index is 11.9. The van der Waals surface area contributed by atoms with E-state index in [-0.39, 0.29) is 24.1 Å². The molecule has 0 amide bonds. The smallest absolute Gasteiger partial charge is 0.306 e. The highest BCUT2D eigenvalue weighted by molar-refractivity contribution is 8.08. The van der Waals surface area contributed by atoms with E-state index in [4.69, 9.17) is 9.47 Å². The van der Waals surface area contributed by atoms with Crippen LogP contribution in [0.2, 0.25) is 0 Å². The van der Waals surface area contributed by atoms with Gasteiger partial charge in [0.25, 0.3) is 0 Å². The summed E-state index contributed by atoms with van der Waals surface area (Å²) in [5.41, 5.74) is 0. The standard InChI is InChI=1S/C18H26O4S2/c19-17(21-11-5-7-13-15(9-11)23-13)3-1-2-4-18(20)22-12-6-8-14-16(10-12)24-14/h11-16H,1-10H2. The molecule has 6 heteroatoms. The van der Waals surface area contributed by atoms with E-state index in [0.29, 0.717) is 25.7 Å². The topological polar surface area (TPSA) is 52.6 Å². The predicted molar refractivity (Wildman–Crippen MR) is 96.3 cm³/mol. The minimum atomic E-state index is -0.0958. The summed E-state index contributed by atoms with van der Waals surface area (Å²) < 4.78 is 11.1. The molecule has 2 saturated carbocycles. The van der Waals surface area contributed by atoms with Crippen LogP contribution in [0.5, 0.6) is 0 Å². The van der Waals surface area contributed by atoms with Crippen LogP contribution < -0.4 is 0 Å². The fraction of sp³-hybridized carbons (Fsp3) is 0.889.